The van der Waals surface area contributed by atoms with Gasteiger partial charge in [-0.25, -0.2) is 14.6 Å². The molecule has 1 heterocycles. The van der Waals surface area contributed by atoms with Gasteiger partial charge in [0.25, 0.3) is 0 Å². The molecule has 1 aliphatic heterocycles. The van der Waals surface area contributed by atoms with Gasteiger partial charge in [-0.3, -0.25) is 4.79 Å². The molecule has 0 saturated heterocycles. The number of carboxylic acid groups (broad SMARTS) is 2. The van der Waals surface area contributed by atoms with Gasteiger partial charge in [0.1, 0.15) is 0 Å². The lowest BCUT2D eigenvalue weighted by Crippen LogP contribution is -2.26. The summed E-state index contributed by atoms with van der Waals surface area (Å²) in [6, 6.07) is 14.1. The van der Waals surface area contributed by atoms with Gasteiger partial charge in [0.15, 0.2) is 5.78 Å². The molecule has 0 unspecified atom stereocenters. The zero-order chi connectivity index (χ0) is 24.3. The Hall–Kier alpha value is -3.48. The lowest BCUT2D eigenvalue weighted by atomic mass is 9.88. The minimum absolute atomic E-state index is 0.0292. The maximum Gasteiger partial charge on any atom is 0.414 e. The summed E-state index contributed by atoms with van der Waals surface area (Å²) in [7, 11) is 0. The number of para-hydroxylation sites is 1. The fraction of sp³-hybridized carbons (Fsp3) is 0.360. The number of rotatable bonds is 3. The molecule has 0 fully saturated rings. The Bertz CT molecular complexity index is 1110. The number of carbonyl (C=O) groups excluding carboxylic acids is 1. The summed E-state index contributed by atoms with van der Waals surface area (Å²) in [4.78, 5) is 35.7. The van der Waals surface area contributed by atoms with E-state index in [1.165, 1.54) is 0 Å². The van der Waals surface area contributed by atoms with Crippen LogP contribution in [0.15, 0.2) is 42.5 Å². The highest BCUT2D eigenvalue weighted by Gasteiger charge is 2.20. The van der Waals surface area contributed by atoms with Crippen LogP contribution in [0, 0.1) is 5.41 Å². The molecule has 0 saturated carbocycles. The van der Waals surface area contributed by atoms with Crippen LogP contribution in [-0.2, 0) is 9.59 Å². The molecule has 1 aromatic rings. The fourth-order valence-electron chi connectivity index (χ4n) is 3.19. The summed E-state index contributed by atoms with van der Waals surface area (Å²) in [6.45, 7) is 12.7. The molecule has 3 rings (SSSR count). The number of hydrogen-bond acceptors (Lipinski definition) is 5. The summed E-state index contributed by atoms with van der Waals surface area (Å²) in [5.41, 5.74) is 4.58. The molecule has 32 heavy (non-hydrogen) atoms. The fourth-order valence-corrected chi connectivity index (χ4v) is 3.19. The van der Waals surface area contributed by atoms with Gasteiger partial charge in [0.05, 0.1) is 16.9 Å². The van der Waals surface area contributed by atoms with Gasteiger partial charge in [0, 0.05) is 28.5 Å². The number of Topliss-reactive ketones (excluding diaryl/α,β-unsaturated/α-hetero) is 1. The molecular weight excluding hydrogens is 408 g/mol. The average molecular weight is 439 g/mol. The minimum Gasteiger partial charge on any atom is -0.473 e. The van der Waals surface area contributed by atoms with Crippen LogP contribution in [0.4, 0.5) is 5.69 Å². The van der Waals surface area contributed by atoms with E-state index < -0.39 is 11.9 Å². The normalized spacial score (nSPS) is 11.6. The molecule has 2 aliphatic rings. The van der Waals surface area contributed by atoms with Gasteiger partial charge in [-0.1, -0.05) is 51.1 Å². The molecule has 0 aromatic heterocycles. The van der Waals surface area contributed by atoms with Crippen molar-refractivity contribution in [3.63, 3.8) is 0 Å². The van der Waals surface area contributed by atoms with Crippen LogP contribution >= 0.6 is 0 Å². The number of benzene rings is 1. The SMILES string of the molecule is CC(C)(C)CC(=O)c1cccc2c3cccc(NC(C)(C)C)c3nc-2c1.O=C(O)C(=O)O. The standard InChI is InChI=1S/C23H28N2O.C2H2O4/c1-22(2,3)14-20(26)15-9-7-10-16-17-11-8-12-18(25-23(4,5)6)21(17)24-19(16)13-15;3-1(4)2(5)6/h7-13,25H,14H2,1-6H3;(H,3,4)(H,5,6). The van der Waals surface area contributed by atoms with Crippen LogP contribution in [-0.4, -0.2) is 38.5 Å². The Morgan fingerprint density at radius 1 is 0.906 bits per heavy atom. The highest BCUT2D eigenvalue weighted by Crippen LogP contribution is 2.35. The van der Waals surface area contributed by atoms with E-state index in [0.29, 0.717) is 6.42 Å². The number of carbonyl (C=O) groups is 3. The first-order valence-corrected chi connectivity index (χ1v) is 10.3. The first kappa shape index (κ1) is 24.8. The summed E-state index contributed by atoms with van der Waals surface area (Å²) in [5.74, 6) is -3.49. The Balaban J connectivity index is 0.000000534. The monoisotopic (exact) mass is 438 g/mol. The van der Waals surface area contributed by atoms with Crippen molar-refractivity contribution in [2.45, 2.75) is 53.5 Å². The summed E-state index contributed by atoms with van der Waals surface area (Å²) in [6.07, 6.45) is 0.523. The highest BCUT2D eigenvalue weighted by atomic mass is 16.4. The smallest absolute Gasteiger partial charge is 0.414 e. The average Bonchev–Trinajstić information content (AvgIpc) is 2.84. The number of hydrogen-bond donors (Lipinski definition) is 3. The lowest BCUT2D eigenvalue weighted by Gasteiger charge is -2.22. The van der Waals surface area contributed by atoms with Crippen LogP contribution < -0.4 is 5.32 Å². The maximum atomic E-state index is 12.7. The van der Waals surface area contributed by atoms with Crippen molar-refractivity contribution in [1.29, 1.82) is 0 Å². The van der Waals surface area contributed by atoms with Gasteiger partial charge in [-0.15, -0.1) is 0 Å². The number of aliphatic carboxylic acids is 2. The molecule has 0 amide bonds. The number of carboxylic acids is 2. The summed E-state index contributed by atoms with van der Waals surface area (Å²) in [5, 5.41) is 19.4. The van der Waals surface area contributed by atoms with E-state index in [-0.39, 0.29) is 16.7 Å². The number of anilines is 1. The van der Waals surface area contributed by atoms with Crippen molar-refractivity contribution >= 4 is 34.3 Å². The second kappa shape index (κ2) is 9.34. The molecular formula is C25H30N2O5. The van der Waals surface area contributed by atoms with Gasteiger partial charge >= 0.3 is 11.9 Å². The van der Waals surface area contributed by atoms with Crippen LogP contribution in [0.2, 0.25) is 0 Å². The molecule has 0 atom stereocenters. The van der Waals surface area contributed by atoms with Gasteiger partial charge in [0.2, 0.25) is 0 Å². The van der Waals surface area contributed by atoms with Crippen molar-refractivity contribution < 1.29 is 24.6 Å². The second-order valence-electron chi connectivity index (χ2n) is 9.88. The van der Waals surface area contributed by atoms with Crippen LogP contribution in [0.1, 0.15) is 58.3 Å². The van der Waals surface area contributed by atoms with Crippen molar-refractivity contribution in [2.24, 2.45) is 5.41 Å². The molecule has 0 spiro atoms. The zero-order valence-corrected chi connectivity index (χ0v) is 19.3. The van der Waals surface area contributed by atoms with E-state index in [2.05, 4.69) is 71.1 Å². The third-order valence-corrected chi connectivity index (χ3v) is 4.37. The van der Waals surface area contributed by atoms with Gasteiger partial charge in [-0.2, -0.15) is 0 Å². The van der Waals surface area contributed by atoms with E-state index in [1.54, 1.807) is 0 Å². The minimum atomic E-state index is -1.82. The van der Waals surface area contributed by atoms with Gasteiger partial charge < -0.3 is 15.5 Å². The van der Waals surface area contributed by atoms with Crippen molar-refractivity contribution in [3.05, 3.63) is 48.0 Å². The highest BCUT2D eigenvalue weighted by molar-refractivity contribution is 6.27. The molecule has 0 bridgehead atoms. The zero-order valence-electron chi connectivity index (χ0n) is 19.3. The predicted octanol–water partition coefficient (Wildman–Crippen LogP) is 5.32. The Kier molecular flexibility index (Phi) is 7.24. The van der Waals surface area contributed by atoms with Crippen molar-refractivity contribution in [2.75, 3.05) is 5.32 Å². The first-order chi connectivity index (χ1) is 14.7. The van der Waals surface area contributed by atoms with E-state index in [9.17, 15) is 4.79 Å². The number of nitrogens with zero attached hydrogens (tertiary/aromatic N) is 1. The largest absolute Gasteiger partial charge is 0.473 e. The number of ketones is 1. The van der Waals surface area contributed by atoms with Gasteiger partial charge in [-0.05, 0) is 38.3 Å². The Morgan fingerprint density at radius 3 is 2.03 bits per heavy atom. The van der Waals surface area contributed by atoms with Crippen LogP contribution in [0.5, 0.6) is 0 Å². The van der Waals surface area contributed by atoms with E-state index in [1.807, 2.05) is 18.2 Å². The quantitative estimate of drug-likeness (QED) is 0.374. The summed E-state index contributed by atoms with van der Waals surface area (Å²) >= 11 is 0. The van der Waals surface area contributed by atoms with Crippen molar-refractivity contribution in [3.8, 4) is 11.3 Å². The molecule has 0 radical (unpaired) electrons. The number of nitrogens with one attached hydrogen (secondary N) is 1. The van der Waals surface area contributed by atoms with Crippen molar-refractivity contribution in [1.82, 2.24) is 4.98 Å². The molecule has 7 nitrogen and oxygen atoms in total. The first-order valence-electron chi connectivity index (χ1n) is 10.3. The van der Waals surface area contributed by atoms with Crippen LogP contribution in [0.3, 0.4) is 0 Å². The number of fused-ring (bicyclic) bond motifs is 3. The summed E-state index contributed by atoms with van der Waals surface area (Å²) < 4.78 is 0. The van der Waals surface area contributed by atoms with E-state index >= 15 is 0 Å². The predicted molar refractivity (Wildman–Crippen MR) is 125 cm³/mol. The van der Waals surface area contributed by atoms with E-state index in [0.717, 1.165) is 33.4 Å². The molecule has 1 aliphatic carbocycles. The topological polar surface area (TPSA) is 117 Å². The molecule has 3 N–H and O–H groups in total. The van der Waals surface area contributed by atoms with E-state index in [4.69, 9.17) is 24.8 Å². The van der Waals surface area contributed by atoms with Crippen LogP contribution in [0.25, 0.3) is 22.2 Å². The second-order valence-corrected chi connectivity index (χ2v) is 9.88. The maximum absolute atomic E-state index is 12.7. The molecule has 170 valence electrons. The Morgan fingerprint density at radius 2 is 1.50 bits per heavy atom. The number of aromatic nitrogens is 1. The molecule has 1 aromatic carbocycles. The third-order valence-electron chi connectivity index (χ3n) is 4.37. The molecule has 7 heteroatoms. The Labute approximate surface area is 187 Å². The third kappa shape index (κ3) is 6.77. The lowest BCUT2D eigenvalue weighted by molar-refractivity contribution is -0.159.